The van der Waals surface area contributed by atoms with Crippen LogP contribution in [-0.2, 0) is 7.05 Å². The molecule has 2 rings (SSSR count). The molecule has 1 nitrogen and oxygen atoms in total. The molecule has 0 atom stereocenters. The zero-order valence-electron chi connectivity index (χ0n) is 7.79. The van der Waals surface area contributed by atoms with Gasteiger partial charge in [0.05, 0.1) is 0 Å². The summed E-state index contributed by atoms with van der Waals surface area (Å²) in [5, 5.41) is 2.63. The minimum absolute atomic E-state index is 0. The molecule has 0 fully saturated rings. The fourth-order valence-electron chi connectivity index (χ4n) is 1.30. The molecule has 1 aromatic heterocycles. The van der Waals surface area contributed by atoms with Crippen molar-refractivity contribution >= 4 is 33.4 Å². The summed E-state index contributed by atoms with van der Waals surface area (Å²) in [7, 11) is 2.04. The Morgan fingerprint density at radius 3 is 2.77 bits per heavy atom. The van der Waals surface area contributed by atoms with Gasteiger partial charge < -0.3 is 7.43 Å². The summed E-state index contributed by atoms with van der Waals surface area (Å²) in [4.78, 5) is 0. The second-order valence-electron chi connectivity index (χ2n) is 2.85. The van der Waals surface area contributed by atoms with Gasteiger partial charge >= 0.3 is 0 Å². The lowest BCUT2D eigenvalue weighted by Gasteiger charge is -1.96. The highest BCUT2D eigenvalue weighted by Crippen LogP contribution is 2.17. The Morgan fingerprint density at radius 2 is 2.00 bits per heavy atom. The molecule has 0 N–H and O–H groups in total. The van der Waals surface area contributed by atoms with Crippen LogP contribution in [0, 0.1) is 11.0 Å². The zero-order valence-corrected chi connectivity index (χ0v) is 9.95. The van der Waals surface area contributed by atoms with Crippen LogP contribution in [0.25, 0.3) is 10.8 Å². The van der Waals surface area contributed by atoms with Gasteiger partial charge in [-0.2, -0.15) is 0 Å². The first-order valence-corrected chi connectivity index (χ1v) is 4.89. The van der Waals surface area contributed by atoms with Crippen molar-refractivity contribution in [1.82, 2.24) is 0 Å². The smallest absolute Gasteiger partial charge is 0.176 e. The Balaban J connectivity index is 0.000000845. The highest BCUT2D eigenvalue weighted by atomic mass is 127. The molecule has 0 saturated heterocycles. The number of pyridine rings is 1. The van der Waals surface area contributed by atoms with Crippen LogP contribution in [0.4, 0.5) is 0 Å². The lowest BCUT2D eigenvalue weighted by molar-refractivity contribution is -0.670. The number of benzene rings is 1. The number of hydrogen-bond donors (Lipinski definition) is 0. The van der Waals surface area contributed by atoms with Crippen molar-refractivity contribution in [3.63, 3.8) is 0 Å². The van der Waals surface area contributed by atoms with Gasteiger partial charge in [0.15, 0.2) is 12.4 Å². The molecule has 0 saturated carbocycles. The highest BCUT2D eigenvalue weighted by molar-refractivity contribution is 14.1. The molecule has 0 bridgehead atoms. The van der Waals surface area contributed by atoms with Crippen molar-refractivity contribution in [2.45, 2.75) is 0 Å². The number of hydrogen-bond acceptors (Lipinski definition) is 0. The number of rotatable bonds is 0. The molecular formula is C11H12IN. The molecule has 0 aliphatic carbocycles. The molecule has 0 aliphatic heterocycles. The largest absolute Gasteiger partial charge is 0.358 e. The van der Waals surface area contributed by atoms with Crippen molar-refractivity contribution < 1.29 is 4.57 Å². The summed E-state index contributed by atoms with van der Waals surface area (Å²) in [6.45, 7) is 0. The first-order valence-electron chi connectivity index (χ1n) is 3.81. The van der Waals surface area contributed by atoms with E-state index in [1.54, 1.807) is 0 Å². The summed E-state index contributed by atoms with van der Waals surface area (Å²) >= 11 is 2.36. The lowest BCUT2D eigenvalue weighted by atomic mass is 10.2. The standard InChI is InChI=1S/C10H9IN.CH3/c1-12-6-5-9-8(7-12)3-2-4-10(9)11;/h2-7H,1H3;1H3/q+1;-1. The van der Waals surface area contributed by atoms with E-state index in [1.807, 2.05) is 7.05 Å². The first kappa shape index (κ1) is 10.4. The van der Waals surface area contributed by atoms with Crippen molar-refractivity contribution in [3.05, 3.63) is 47.7 Å². The molecule has 0 aliphatic rings. The number of fused-ring (bicyclic) bond motifs is 1. The van der Waals surface area contributed by atoms with E-state index in [0.717, 1.165) is 0 Å². The maximum absolute atomic E-state index is 2.36. The SMILES string of the molecule is C[n+]1ccc2c(I)cccc2c1.[CH3-]. The molecular weight excluding hydrogens is 273 g/mol. The molecule has 68 valence electrons. The predicted octanol–water partition coefficient (Wildman–Crippen LogP) is 2.72. The molecule has 0 amide bonds. The third-order valence-corrected chi connectivity index (χ3v) is 2.85. The lowest BCUT2D eigenvalue weighted by Crippen LogP contribution is -2.25. The normalized spacial score (nSPS) is 9.69. The fourth-order valence-corrected chi connectivity index (χ4v) is 2.00. The third-order valence-electron chi connectivity index (χ3n) is 1.91. The van der Waals surface area contributed by atoms with Gasteiger partial charge in [0.25, 0.3) is 0 Å². The Kier molecular flexibility index (Phi) is 3.25. The summed E-state index contributed by atoms with van der Waals surface area (Å²) in [5.41, 5.74) is 0. The second kappa shape index (κ2) is 4.05. The van der Waals surface area contributed by atoms with E-state index in [9.17, 15) is 0 Å². The summed E-state index contributed by atoms with van der Waals surface area (Å²) < 4.78 is 3.38. The first-order chi connectivity index (χ1) is 5.77. The predicted molar refractivity (Wildman–Crippen MR) is 64.3 cm³/mol. The maximum Gasteiger partial charge on any atom is 0.176 e. The van der Waals surface area contributed by atoms with Crippen molar-refractivity contribution in [2.75, 3.05) is 0 Å². The molecule has 1 aromatic carbocycles. The van der Waals surface area contributed by atoms with E-state index in [2.05, 4.69) is 63.8 Å². The fraction of sp³-hybridized carbons (Fsp3) is 0.0909. The third kappa shape index (κ3) is 1.99. The van der Waals surface area contributed by atoms with Crippen LogP contribution >= 0.6 is 22.6 Å². The maximum atomic E-state index is 2.36. The number of aromatic nitrogens is 1. The average molecular weight is 285 g/mol. The van der Waals surface area contributed by atoms with Gasteiger partial charge in [-0.3, -0.25) is 0 Å². The Morgan fingerprint density at radius 1 is 1.23 bits per heavy atom. The zero-order chi connectivity index (χ0) is 8.55. The Hall–Kier alpha value is -0.640. The van der Waals surface area contributed by atoms with Crippen LogP contribution < -0.4 is 4.57 Å². The van der Waals surface area contributed by atoms with Gasteiger partial charge in [-0.25, -0.2) is 4.57 Å². The van der Waals surface area contributed by atoms with E-state index in [-0.39, 0.29) is 7.43 Å². The molecule has 2 aromatic rings. The van der Waals surface area contributed by atoms with Crippen LogP contribution in [0.5, 0.6) is 0 Å². The summed E-state index contributed by atoms with van der Waals surface area (Å²) in [6, 6.07) is 8.50. The van der Waals surface area contributed by atoms with Crippen molar-refractivity contribution in [1.29, 1.82) is 0 Å². The van der Waals surface area contributed by atoms with Crippen LogP contribution in [0.1, 0.15) is 0 Å². The van der Waals surface area contributed by atoms with E-state index < -0.39 is 0 Å². The monoisotopic (exact) mass is 285 g/mol. The van der Waals surface area contributed by atoms with E-state index in [0.29, 0.717) is 0 Å². The molecule has 0 unspecified atom stereocenters. The van der Waals surface area contributed by atoms with Crippen LogP contribution in [0.2, 0.25) is 0 Å². The topological polar surface area (TPSA) is 3.88 Å². The van der Waals surface area contributed by atoms with Gasteiger partial charge in [0, 0.05) is 20.4 Å². The minimum Gasteiger partial charge on any atom is -0.358 e. The van der Waals surface area contributed by atoms with Crippen LogP contribution in [0.3, 0.4) is 0 Å². The van der Waals surface area contributed by atoms with Gasteiger partial charge in [0.2, 0.25) is 0 Å². The molecule has 2 heteroatoms. The van der Waals surface area contributed by atoms with Crippen molar-refractivity contribution in [3.8, 4) is 0 Å². The van der Waals surface area contributed by atoms with Gasteiger partial charge in [-0.1, -0.05) is 6.07 Å². The quantitative estimate of drug-likeness (QED) is 0.398. The van der Waals surface area contributed by atoms with E-state index in [1.165, 1.54) is 14.3 Å². The van der Waals surface area contributed by atoms with Crippen molar-refractivity contribution in [2.24, 2.45) is 7.05 Å². The van der Waals surface area contributed by atoms with Crippen LogP contribution in [0.15, 0.2) is 36.7 Å². The van der Waals surface area contributed by atoms with Crippen LogP contribution in [-0.4, -0.2) is 0 Å². The Labute approximate surface area is 92.5 Å². The van der Waals surface area contributed by atoms with E-state index in [4.69, 9.17) is 0 Å². The highest BCUT2D eigenvalue weighted by Gasteiger charge is 2.00. The molecule has 13 heavy (non-hydrogen) atoms. The Bertz CT molecular complexity index is 423. The minimum atomic E-state index is 0. The summed E-state index contributed by atoms with van der Waals surface area (Å²) in [5.74, 6) is 0. The average Bonchev–Trinajstić information content (AvgIpc) is 2.04. The van der Waals surface area contributed by atoms with E-state index >= 15 is 0 Å². The number of nitrogens with zero attached hydrogens (tertiary/aromatic N) is 1. The van der Waals surface area contributed by atoms with Gasteiger partial charge in [0.1, 0.15) is 7.05 Å². The molecule has 0 radical (unpaired) electrons. The van der Waals surface area contributed by atoms with Gasteiger partial charge in [-0.05, 0) is 34.7 Å². The van der Waals surface area contributed by atoms with Gasteiger partial charge in [-0.15, -0.1) is 0 Å². The number of aryl methyl sites for hydroxylation is 1. The molecule has 0 spiro atoms. The molecule has 1 heterocycles. The second-order valence-corrected chi connectivity index (χ2v) is 4.02. The summed E-state index contributed by atoms with van der Waals surface area (Å²) in [6.07, 6.45) is 4.21. The number of halogens is 1.